The van der Waals surface area contributed by atoms with Crippen molar-refractivity contribution in [3.8, 4) is 0 Å². The van der Waals surface area contributed by atoms with Crippen LogP contribution in [-0.4, -0.2) is 19.1 Å². The van der Waals surface area contributed by atoms with Gasteiger partial charge in [-0.2, -0.15) is 0 Å². The van der Waals surface area contributed by atoms with E-state index in [4.69, 9.17) is 39.5 Å². The number of rotatable bonds is 4. The molecule has 0 atom stereocenters. The Balaban J connectivity index is 1.85. The van der Waals surface area contributed by atoms with Gasteiger partial charge in [0.1, 0.15) is 0 Å². The molecule has 1 N–H and O–H groups in total. The van der Waals surface area contributed by atoms with E-state index in [1.807, 2.05) is 24.3 Å². The number of halogens is 3. The number of hydrogen-bond acceptors (Lipinski definition) is 2. The van der Waals surface area contributed by atoms with Gasteiger partial charge in [0.05, 0.1) is 5.41 Å². The second-order valence-electron chi connectivity index (χ2n) is 6.13. The third-order valence-corrected chi connectivity index (χ3v) is 5.35. The third-order valence-electron chi connectivity index (χ3n) is 4.57. The fourth-order valence-electron chi connectivity index (χ4n) is 3.21. The maximum Gasteiger partial charge on any atom is 0.231 e. The van der Waals surface area contributed by atoms with E-state index in [1.54, 1.807) is 18.2 Å². The largest absolute Gasteiger partial charge is 0.381 e. The number of hydrogen-bond donors (Lipinski definition) is 1. The molecule has 3 nitrogen and oxygen atoms in total. The lowest BCUT2D eigenvalue weighted by atomic mass is 9.73. The molecule has 25 heavy (non-hydrogen) atoms. The van der Waals surface area contributed by atoms with Crippen molar-refractivity contribution in [2.75, 3.05) is 13.2 Å². The second-order valence-corrected chi connectivity index (χ2v) is 7.41. The molecular weight excluding hydrogens is 381 g/mol. The van der Waals surface area contributed by atoms with Crippen molar-refractivity contribution in [1.29, 1.82) is 0 Å². The molecule has 0 aromatic heterocycles. The summed E-state index contributed by atoms with van der Waals surface area (Å²) in [5.74, 6) is -0.0556. The van der Waals surface area contributed by atoms with E-state index >= 15 is 0 Å². The molecule has 6 heteroatoms. The standard InChI is InChI=1S/C19H18Cl3NO2/c20-14-3-1-2-13(10-14)12-23-18(24)19(6-8-25-9-7-19)16-5-4-15(21)11-17(16)22/h1-5,10-11H,6-9,12H2,(H,23,24). The number of nitrogens with one attached hydrogen (secondary N) is 1. The highest BCUT2D eigenvalue weighted by atomic mass is 35.5. The first-order valence-electron chi connectivity index (χ1n) is 8.07. The predicted octanol–water partition coefficient (Wildman–Crippen LogP) is 5.01. The monoisotopic (exact) mass is 397 g/mol. The summed E-state index contributed by atoms with van der Waals surface area (Å²) in [6.45, 7) is 1.44. The van der Waals surface area contributed by atoms with Crippen LogP contribution < -0.4 is 5.32 Å². The second kappa shape index (κ2) is 7.96. The number of carbonyl (C=O) groups is 1. The molecule has 1 fully saturated rings. The highest BCUT2D eigenvalue weighted by Gasteiger charge is 2.42. The van der Waals surface area contributed by atoms with Crippen molar-refractivity contribution in [1.82, 2.24) is 5.32 Å². The lowest BCUT2D eigenvalue weighted by Crippen LogP contribution is -2.48. The zero-order valence-corrected chi connectivity index (χ0v) is 15.8. The summed E-state index contributed by atoms with van der Waals surface area (Å²) in [6, 6.07) is 12.7. The molecule has 1 aliphatic heterocycles. The topological polar surface area (TPSA) is 38.3 Å². The Kier molecular flexibility index (Phi) is 5.90. The Bertz CT molecular complexity index is 773. The molecule has 1 saturated heterocycles. The summed E-state index contributed by atoms with van der Waals surface area (Å²) in [7, 11) is 0. The first-order valence-corrected chi connectivity index (χ1v) is 9.21. The van der Waals surface area contributed by atoms with E-state index in [0.717, 1.165) is 11.1 Å². The van der Waals surface area contributed by atoms with E-state index in [1.165, 1.54) is 0 Å². The van der Waals surface area contributed by atoms with E-state index in [9.17, 15) is 4.79 Å². The lowest BCUT2D eigenvalue weighted by molar-refractivity contribution is -0.130. The molecule has 132 valence electrons. The summed E-state index contributed by atoms with van der Waals surface area (Å²) in [4.78, 5) is 13.1. The van der Waals surface area contributed by atoms with E-state index < -0.39 is 5.41 Å². The van der Waals surface area contributed by atoms with Crippen molar-refractivity contribution in [3.05, 3.63) is 68.7 Å². The lowest BCUT2D eigenvalue weighted by Gasteiger charge is -2.37. The molecule has 1 amide bonds. The van der Waals surface area contributed by atoms with E-state index in [0.29, 0.717) is 47.7 Å². The molecule has 3 rings (SSSR count). The third kappa shape index (κ3) is 4.12. The quantitative estimate of drug-likeness (QED) is 0.786. The van der Waals surface area contributed by atoms with Crippen LogP contribution >= 0.6 is 34.8 Å². The van der Waals surface area contributed by atoms with Crippen LogP contribution in [0, 0.1) is 0 Å². The zero-order chi connectivity index (χ0) is 17.9. The Morgan fingerprint density at radius 2 is 1.76 bits per heavy atom. The van der Waals surface area contributed by atoms with Crippen LogP contribution in [0.15, 0.2) is 42.5 Å². The minimum Gasteiger partial charge on any atom is -0.381 e. The molecule has 2 aromatic rings. The maximum atomic E-state index is 13.1. The Labute approximate surface area is 162 Å². The Morgan fingerprint density at radius 1 is 1.04 bits per heavy atom. The number of carbonyl (C=O) groups excluding carboxylic acids is 1. The van der Waals surface area contributed by atoms with Crippen LogP contribution in [0.4, 0.5) is 0 Å². The summed E-state index contributed by atoms with van der Waals surface area (Å²) < 4.78 is 5.47. The van der Waals surface area contributed by atoms with Gasteiger partial charge in [-0.3, -0.25) is 4.79 Å². The van der Waals surface area contributed by atoms with Gasteiger partial charge in [0.2, 0.25) is 5.91 Å². The summed E-state index contributed by atoms with van der Waals surface area (Å²) in [6.07, 6.45) is 1.16. The van der Waals surface area contributed by atoms with E-state index in [2.05, 4.69) is 5.32 Å². The molecule has 2 aromatic carbocycles. The van der Waals surface area contributed by atoms with Gasteiger partial charge in [-0.25, -0.2) is 0 Å². The average molecular weight is 399 g/mol. The van der Waals surface area contributed by atoms with Crippen molar-refractivity contribution in [3.63, 3.8) is 0 Å². The summed E-state index contributed by atoms with van der Waals surface area (Å²) in [5, 5.41) is 4.74. The Morgan fingerprint density at radius 3 is 2.44 bits per heavy atom. The van der Waals surface area contributed by atoms with Crippen molar-refractivity contribution in [2.24, 2.45) is 0 Å². The van der Waals surface area contributed by atoms with Crippen LogP contribution in [0.1, 0.15) is 24.0 Å². The smallest absolute Gasteiger partial charge is 0.231 e. The van der Waals surface area contributed by atoms with Gasteiger partial charge < -0.3 is 10.1 Å². The molecule has 0 bridgehead atoms. The van der Waals surface area contributed by atoms with Gasteiger partial charge in [-0.05, 0) is 48.2 Å². The van der Waals surface area contributed by atoms with Crippen molar-refractivity contribution >= 4 is 40.7 Å². The molecule has 1 heterocycles. The van der Waals surface area contributed by atoms with Crippen LogP contribution in [0.3, 0.4) is 0 Å². The van der Waals surface area contributed by atoms with Crippen molar-refractivity contribution in [2.45, 2.75) is 24.8 Å². The van der Waals surface area contributed by atoms with Crippen LogP contribution in [0.2, 0.25) is 15.1 Å². The molecule has 0 saturated carbocycles. The molecule has 1 aliphatic rings. The molecule has 0 aliphatic carbocycles. The van der Waals surface area contributed by atoms with E-state index in [-0.39, 0.29) is 5.91 Å². The number of benzene rings is 2. The van der Waals surface area contributed by atoms with Gasteiger partial charge in [0.15, 0.2) is 0 Å². The SMILES string of the molecule is O=C(NCc1cccc(Cl)c1)C1(c2ccc(Cl)cc2Cl)CCOCC1. The fraction of sp³-hybridized carbons (Fsp3) is 0.316. The highest BCUT2D eigenvalue weighted by molar-refractivity contribution is 6.35. The minimum atomic E-state index is -0.710. The average Bonchev–Trinajstić information content (AvgIpc) is 2.60. The van der Waals surface area contributed by atoms with Gasteiger partial charge in [0, 0.05) is 34.8 Å². The minimum absolute atomic E-state index is 0.0556. The first kappa shape index (κ1) is 18.5. The molecule has 0 unspecified atom stereocenters. The highest BCUT2D eigenvalue weighted by Crippen LogP contribution is 2.40. The van der Waals surface area contributed by atoms with Crippen molar-refractivity contribution < 1.29 is 9.53 Å². The van der Waals surface area contributed by atoms with Gasteiger partial charge in [-0.15, -0.1) is 0 Å². The number of ether oxygens (including phenoxy) is 1. The van der Waals surface area contributed by atoms with Gasteiger partial charge in [0.25, 0.3) is 0 Å². The number of amides is 1. The normalized spacial score (nSPS) is 16.4. The Hall–Kier alpha value is -1.26. The van der Waals surface area contributed by atoms with Crippen LogP contribution in [-0.2, 0) is 21.5 Å². The fourth-order valence-corrected chi connectivity index (χ4v) is 4.02. The van der Waals surface area contributed by atoms with Gasteiger partial charge >= 0.3 is 0 Å². The molecular formula is C19H18Cl3NO2. The van der Waals surface area contributed by atoms with Crippen LogP contribution in [0.5, 0.6) is 0 Å². The maximum absolute atomic E-state index is 13.1. The first-order chi connectivity index (χ1) is 12.0. The summed E-state index contributed by atoms with van der Waals surface area (Å²) >= 11 is 18.4. The summed E-state index contributed by atoms with van der Waals surface area (Å²) in [5.41, 5.74) is 1.04. The predicted molar refractivity (Wildman–Crippen MR) is 101 cm³/mol. The molecule has 0 spiro atoms. The molecule has 0 radical (unpaired) electrons. The van der Waals surface area contributed by atoms with Gasteiger partial charge in [-0.1, -0.05) is 53.0 Å². The zero-order valence-electron chi connectivity index (χ0n) is 13.5. The van der Waals surface area contributed by atoms with Crippen LogP contribution in [0.25, 0.3) is 0 Å².